The Balaban J connectivity index is 1.78. The predicted molar refractivity (Wildman–Crippen MR) is 66.5 cm³/mol. The van der Waals surface area contributed by atoms with Crippen LogP contribution in [-0.4, -0.2) is 16.5 Å². The van der Waals surface area contributed by atoms with Crippen LogP contribution in [0.15, 0.2) is 36.1 Å². The van der Waals surface area contributed by atoms with Crippen LogP contribution >= 0.6 is 11.3 Å². The average molecular weight is 233 g/mol. The molecule has 0 radical (unpaired) electrons. The summed E-state index contributed by atoms with van der Waals surface area (Å²) in [4.78, 5) is 8.27. The highest BCUT2D eigenvalue weighted by Gasteiger charge is 2.03. The number of hydrogen-bond donors (Lipinski definition) is 1. The molecule has 0 saturated carbocycles. The Labute approximate surface area is 99.6 Å². The van der Waals surface area contributed by atoms with Gasteiger partial charge in [0.1, 0.15) is 0 Å². The van der Waals surface area contributed by atoms with Gasteiger partial charge in [-0.25, -0.2) is 4.98 Å². The molecule has 0 aliphatic heterocycles. The molecule has 0 aliphatic carbocycles. The molecule has 1 N–H and O–H groups in total. The number of aromatic nitrogens is 2. The van der Waals surface area contributed by atoms with Crippen LogP contribution in [0.2, 0.25) is 0 Å². The second-order valence-electron chi connectivity index (χ2n) is 3.63. The van der Waals surface area contributed by atoms with Crippen molar-refractivity contribution in [1.82, 2.24) is 15.3 Å². The van der Waals surface area contributed by atoms with Crippen molar-refractivity contribution >= 4 is 11.3 Å². The van der Waals surface area contributed by atoms with Gasteiger partial charge in [-0.1, -0.05) is 0 Å². The van der Waals surface area contributed by atoms with Crippen molar-refractivity contribution in [3.05, 3.63) is 46.7 Å². The van der Waals surface area contributed by atoms with Crippen LogP contribution in [0.1, 0.15) is 23.5 Å². The van der Waals surface area contributed by atoms with E-state index in [2.05, 4.69) is 22.2 Å². The third-order valence-corrected chi connectivity index (χ3v) is 3.32. The number of rotatable bonds is 5. The van der Waals surface area contributed by atoms with Crippen molar-refractivity contribution in [2.75, 3.05) is 6.54 Å². The van der Waals surface area contributed by atoms with Gasteiger partial charge in [0.05, 0.1) is 5.01 Å². The van der Waals surface area contributed by atoms with Gasteiger partial charge in [0.25, 0.3) is 0 Å². The molecule has 0 aliphatic rings. The van der Waals surface area contributed by atoms with Gasteiger partial charge in [0.15, 0.2) is 0 Å². The summed E-state index contributed by atoms with van der Waals surface area (Å²) < 4.78 is 0. The molecular formula is C12H15N3S. The smallest absolute Gasteiger partial charge is 0.0937 e. The van der Waals surface area contributed by atoms with Crippen molar-refractivity contribution < 1.29 is 0 Å². The lowest BCUT2D eigenvalue weighted by atomic mass is 10.1. The van der Waals surface area contributed by atoms with Gasteiger partial charge in [-0.2, -0.15) is 0 Å². The Morgan fingerprint density at radius 3 is 2.81 bits per heavy atom. The van der Waals surface area contributed by atoms with Crippen molar-refractivity contribution in [2.24, 2.45) is 0 Å². The fourth-order valence-corrected chi connectivity index (χ4v) is 2.16. The summed E-state index contributed by atoms with van der Waals surface area (Å²) in [5.74, 6) is 0. The lowest BCUT2D eigenvalue weighted by Crippen LogP contribution is -2.21. The zero-order valence-corrected chi connectivity index (χ0v) is 10.1. The Morgan fingerprint density at radius 1 is 1.31 bits per heavy atom. The van der Waals surface area contributed by atoms with E-state index in [0.717, 1.165) is 13.0 Å². The molecule has 0 bridgehead atoms. The highest BCUT2D eigenvalue weighted by Crippen LogP contribution is 2.10. The van der Waals surface area contributed by atoms with E-state index in [9.17, 15) is 0 Å². The van der Waals surface area contributed by atoms with E-state index in [0.29, 0.717) is 6.04 Å². The maximum Gasteiger partial charge on any atom is 0.0937 e. The lowest BCUT2D eigenvalue weighted by molar-refractivity contribution is 0.576. The zero-order valence-electron chi connectivity index (χ0n) is 9.26. The summed E-state index contributed by atoms with van der Waals surface area (Å²) in [5.41, 5.74) is 1.27. The van der Waals surface area contributed by atoms with Gasteiger partial charge in [-0.3, -0.25) is 4.98 Å². The normalized spacial score (nSPS) is 12.6. The van der Waals surface area contributed by atoms with Gasteiger partial charge in [-0.05, 0) is 24.6 Å². The first kappa shape index (κ1) is 11.2. The van der Waals surface area contributed by atoms with Gasteiger partial charge in [-0.15, -0.1) is 11.3 Å². The molecular weight excluding hydrogens is 218 g/mol. The number of nitrogens with one attached hydrogen (secondary N) is 1. The molecule has 3 nitrogen and oxygen atoms in total. The van der Waals surface area contributed by atoms with Crippen molar-refractivity contribution in [2.45, 2.75) is 19.4 Å². The average Bonchev–Trinajstić information content (AvgIpc) is 2.83. The molecule has 0 spiro atoms. The SMILES string of the molecule is CC(NCCc1nccs1)c1ccncc1. The topological polar surface area (TPSA) is 37.8 Å². The maximum absolute atomic E-state index is 4.25. The second-order valence-corrected chi connectivity index (χ2v) is 4.61. The fourth-order valence-electron chi connectivity index (χ4n) is 1.54. The number of pyridine rings is 1. The molecule has 0 amide bonds. The Kier molecular flexibility index (Phi) is 4.02. The summed E-state index contributed by atoms with van der Waals surface area (Å²) in [7, 11) is 0. The van der Waals surface area contributed by atoms with Gasteiger partial charge in [0, 0.05) is 43.0 Å². The molecule has 16 heavy (non-hydrogen) atoms. The highest BCUT2D eigenvalue weighted by molar-refractivity contribution is 7.09. The van der Waals surface area contributed by atoms with Crippen LogP contribution in [0, 0.1) is 0 Å². The van der Waals surface area contributed by atoms with E-state index in [-0.39, 0.29) is 0 Å². The second kappa shape index (κ2) is 5.72. The third kappa shape index (κ3) is 3.12. The number of thiazole rings is 1. The lowest BCUT2D eigenvalue weighted by Gasteiger charge is -2.13. The van der Waals surface area contributed by atoms with Crippen LogP contribution in [-0.2, 0) is 6.42 Å². The van der Waals surface area contributed by atoms with E-state index in [1.165, 1.54) is 10.6 Å². The summed E-state index contributed by atoms with van der Waals surface area (Å²) >= 11 is 1.71. The first-order valence-corrected chi connectivity index (χ1v) is 6.26. The molecule has 1 unspecified atom stereocenters. The first-order chi connectivity index (χ1) is 7.86. The Bertz CT molecular complexity index is 399. The first-order valence-electron chi connectivity index (χ1n) is 5.38. The largest absolute Gasteiger partial charge is 0.310 e. The molecule has 84 valence electrons. The quantitative estimate of drug-likeness (QED) is 0.862. The summed E-state index contributed by atoms with van der Waals surface area (Å²) in [6.45, 7) is 3.12. The van der Waals surface area contributed by atoms with Crippen LogP contribution in [0.4, 0.5) is 0 Å². The van der Waals surface area contributed by atoms with E-state index >= 15 is 0 Å². The summed E-state index contributed by atoms with van der Waals surface area (Å²) in [6.07, 6.45) is 6.50. The van der Waals surface area contributed by atoms with E-state index in [1.54, 1.807) is 11.3 Å². The van der Waals surface area contributed by atoms with Gasteiger partial charge >= 0.3 is 0 Å². The highest BCUT2D eigenvalue weighted by atomic mass is 32.1. The molecule has 2 aromatic heterocycles. The molecule has 2 aromatic rings. The summed E-state index contributed by atoms with van der Waals surface area (Å²) in [5, 5.41) is 6.68. The fraction of sp³-hybridized carbons (Fsp3) is 0.333. The Hall–Kier alpha value is -1.26. The zero-order chi connectivity index (χ0) is 11.2. The standard InChI is InChI=1S/C12H15N3S/c1-10(11-2-5-13-6-3-11)14-7-4-12-15-8-9-16-12/h2-3,5-6,8-10,14H,4,7H2,1H3. The van der Waals surface area contributed by atoms with Crippen LogP contribution in [0.3, 0.4) is 0 Å². The van der Waals surface area contributed by atoms with Crippen LogP contribution in [0.5, 0.6) is 0 Å². The van der Waals surface area contributed by atoms with Crippen LogP contribution in [0.25, 0.3) is 0 Å². The third-order valence-electron chi connectivity index (χ3n) is 2.48. The molecule has 2 heterocycles. The number of hydrogen-bond acceptors (Lipinski definition) is 4. The minimum atomic E-state index is 0.364. The maximum atomic E-state index is 4.25. The molecule has 4 heteroatoms. The van der Waals surface area contributed by atoms with Gasteiger partial charge < -0.3 is 5.32 Å². The van der Waals surface area contributed by atoms with Crippen molar-refractivity contribution in [3.8, 4) is 0 Å². The van der Waals surface area contributed by atoms with E-state index in [4.69, 9.17) is 0 Å². The van der Waals surface area contributed by atoms with Crippen LogP contribution < -0.4 is 5.32 Å². The number of nitrogens with zero attached hydrogens (tertiary/aromatic N) is 2. The Morgan fingerprint density at radius 2 is 2.12 bits per heavy atom. The van der Waals surface area contributed by atoms with Crippen molar-refractivity contribution in [1.29, 1.82) is 0 Å². The minimum absolute atomic E-state index is 0.364. The van der Waals surface area contributed by atoms with Gasteiger partial charge in [0.2, 0.25) is 0 Å². The summed E-state index contributed by atoms with van der Waals surface area (Å²) in [6, 6.07) is 4.45. The van der Waals surface area contributed by atoms with E-state index < -0.39 is 0 Å². The molecule has 0 saturated heterocycles. The van der Waals surface area contributed by atoms with Crippen molar-refractivity contribution in [3.63, 3.8) is 0 Å². The molecule has 1 atom stereocenters. The monoisotopic (exact) mass is 233 g/mol. The molecule has 0 aromatic carbocycles. The molecule has 2 rings (SSSR count). The van der Waals surface area contributed by atoms with E-state index in [1.807, 2.05) is 36.1 Å². The predicted octanol–water partition coefficient (Wildman–Crippen LogP) is 2.43. The minimum Gasteiger partial charge on any atom is -0.310 e. The molecule has 0 fully saturated rings.